The van der Waals surface area contributed by atoms with Crippen LogP contribution >= 0.6 is 11.8 Å². The van der Waals surface area contributed by atoms with Crippen molar-refractivity contribution < 1.29 is 19.0 Å². The standard InChI is InChI=1S/C21H24FN3O3S/c1-14(2)25-20(15-8-10-17(27-3)11-9-15)23-24-21(25)29-13-16(26)12-28-19-7-5-4-6-18(19)22/h4-11,14,16,26H,12-13H2,1-3H3/t16-/m0/s1. The predicted octanol–water partition coefficient (Wildman–Crippen LogP) is 4.21. The summed E-state index contributed by atoms with van der Waals surface area (Å²) in [5.74, 6) is 1.56. The lowest BCUT2D eigenvalue weighted by molar-refractivity contribution is 0.123. The SMILES string of the molecule is COc1ccc(-c2nnc(SC[C@@H](O)COc3ccccc3F)n2C(C)C)cc1. The number of thioether (sulfide) groups is 1. The molecule has 1 heterocycles. The van der Waals surface area contributed by atoms with E-state index in [4.69, 9.17) is 9.47 Å². The highest BCUT2D eigenvalue weighted by atomic mass is 32.2. The van der Waals surface area contributed by atoms with Crippen molar-refractivity contribution in [2.75, 3.05) is 19.5 Å². The molecule has 1 atom stereocenters. The number of rotatable bonds is 9. The maximum absolute atomic E-state index is 13.6. The van der Waals surface area contributed by atoms with E-state index in [0.29, 0.717) is 10.9 Å². The Morgan fingerprint density at radius 3 is 2.48 bits per heavy atom. The van der Waals surface area contributed by atoms with E-state index in [9.17, 15) is 9.50 Å². The maximum atomic E-state index is 13.6. The molecule has 0 radical (unpaired) electrons. The third kappa shape index (κ3) is 5.27. The third-order valence-corrected chi connectivity index (χ3v) is 5.29. The molecule has 0 saturated carbocycles. The van der Waals surface area contributed by atoms with E-state index in [1.807, 2.05) is 28.8 Å². The Kier molecular flexibility index (Phi) is 7.11. The fourth-order valence-corrected chi connectivity index (χ4v) is 3.72. The Bertz CT molecular complexity index is 931. The second-order valence-corrected chi connectivity index (χ2v) is 7.69. The average molecular weight is 418 g/mol. The number of nitrogens with zero attached hydrogens (tertiary/aromatic N) is 3. The lowest BCUT2D eigenvalue weighted by Crippen LogP contribution is -2.21. The van der Waals surface area contributed by atoms with Crippen molar-refractivity contribution in [3.8, 4) is 22.9 Å². The van der Waals surface area contributed by atoms with E-state index in [1.165, 1.54) is 23.9 Å². The van der Waals surface area contributed by atoms with Gasteiger partial charge < -0.3 is 14.6 Å². The van der Waals surface area contributed by atoms with E-state index in [2.05, 4.69) is 24.0 Å². The smallest absolute Gasteiger partial charge is 0.191 e. The molecule has 3 rings (SSSR count). The zero-order chi connectivity index (χ0) is 20.8. The van der Waals surface area contributed by atoms with Crippen molar-refractivity contribution in [3.05, 3.63) is 54.3 Å². The van der Waals surface area contributed by atoms with Crippen LogP contribution in [0.1, 0.15) is 19.9 Å². The van der Waals surface area contributed by atoms with Crippen molar-refractivity contribution in [1.82, 2.24) is 14.8 Å². The van der Waals surface area contributed by atoms with Crippen LogP contribution in [0.15, 0.2) is 53.7 Å². The van der Waals surface area contributed by atoms with E-state index in [-0.39, 0.29) is 18.4 Å². The summed E-state index contributed by atoms with van der Waals surface area (Å²) in [7, 11) is 1.63. The van der Waals surface area contributed by atoms with Crippen LogP contribution in [-0.4, -0.2) is 45.4 Å². The minimum atomic E-state index is -0.777. The van der Waals surface area contributed by atoms with Gasteiger partial charge in [-0.15, -0.1) is 10.2 Å². The van der Waals surface area contributed by atoms with Crippen molar-refractivity contribution in [3.63, 3.8) is 0 Å². The van der Waals surface area contributed by atoms with E-state index in [1.54, 1.807) is 19.2 Å². The van der Waals surface area contributed by atoms with Gasteiger partial charge in [-0.25, -0.2) is 4.39 Å². The predicted molar refractivity (Wildman–Crippen MR) is 111 cm³/mol. The molecule has 2 aromatic carbocycles. The molecular formula is C21H24FN3O3S. The molecule has 0 saturated heterocycles. The molecule has 3 aromatic rings. The average Bonchev–Trinajstić information content (AvgIpc) is 3.16. The van der Waals surface area contributed by atoms with Gasteiger partial charge in [0.2, 0.25) is 0 Å². The van der Waals surface area contributed by atoms with Crippen LogP contribution in [0.25, 0.3) is 11.4 Å². The lowest BCUT2D eigenvalue weighted by atomic mass is 10.2. The van der Waals surface area contributed by atoms with Gasteiger partial charge in [0.25, 0.3) is 0 Å². The van der Waals surface area contributed by atoms with Gasteiger partial charge in [0, 0.05) is 17.4 Å². The largest absolute Gasteiger partial charge is 0.497 e. The summed E-state index contributed by atoms with van der Waals surface area (Å²) in [6, 6.07) is 13.9. The molecule has 0 fully saturated rings. The number of benzene rings is 2. The van der Waals surface area contributed by atoms with E-state index >= 15 is 0 Å². The molecule has 0 amide bonds. The first-order valence-corrected chi connectivity index (χ1v) is 10.3. The Morgan fingerprint density at radius 1 is 1.10 bits per heavy atom. The van der Waals surface area contributed by atoms with Gasteiger partial charge in [0.15, 0.2) is 22.5 Å². The molecule has 0 aliphatic rings. The summed E-state index contributed by atoms with van der Waals surface area (Å²) < 4.78 is 26.2. The molecule has 8 heteroatoms. The van der Waals surface area contributed by atoms with Gasteiger partial charge in [-0.3, -0.25) is 4.57 Å². The molecule has 154 valence electrons. The second-order valence-electron chi connectivity index (χ2n) is 6.70. The molecule has 29 heavy (non-hydrogen) atoms. The topological polar surface area (TPSA) is 69.4 Å². The summed E-state index contributed by atoms with van der Waals surface area (Å²) in [4.78, 5) is 0. The third-order valence-electron chi connectivity index (χ3n) is 4.20. The number of para-hydroxylation sites is 1. The first-order chi connectivity index (χ1) is 14.0. The molecule has 0 unspecified atom stereocenters. The number of halogens is 1. The van der Waals surface area contributed by atoms with Crippen molar-refractivity contribution in [2.24, 2.45) is 0 Å². The fraction of sp³-hybridized carbons (Fsp3) is 0.333. The Labute approximate surface area is 173 Å². The fourth-order valence-electron chi connectivity index (χ4n) is 2.74. The minimum absolute atomic E-state index is 0.00487. The van der Waals surface area contributed by atoms with Crippen LogP contribution in [0.3, 0.4) is 0 Å². The number of hydrogen-bond acceptors (Lipinski definition) is 6. The summed E-state index contributed by atoms with van der Waals surface area (Å²) in [6.07, 6.45) is -0.777. The monoisotopic (exact) mass is 417 g/mol. The number of aliphatic hydroxyl groups excluding tert-OH is 1. The van der Waals surface area contributed by atoms with E-state index in [0.717, 1.165) is 17.1 Å². The van der Waals surface area contributed by atoms with Crippen LogP contribution in [-0.2, 0) is 0 Å². The lowest BCUT2D eigenvalue weighted by Gasteiger charge is -2.15. The normalized spacial score (nSPS) is 12.2. The Balaban J connectivity index is 1.66. The van der Waals surface area contributed by atoms with Crippen molar-refractivity contribution >= 4 is 11.8 Å². The molecule has 0 aliphatic heterocycles. The van der Waals surface area contributed by atoms with Gasteiger partial charge in [0.05, 0.1) is 13.2 Å². The van der Waals surface area contributed by atoms with Crippen LogP contribution in [0.4, 0.5) is 4.39 Å². The summed E-state index contributed by atoms with van der Waals surface area (Å²) >= 11 is 1.39. The highest BCUT2D eigenvalue weighted by Crippen LogP contribution is 2.29. The van der Waals surface area contributed by atoms with E-state index < -0.39 is 11.9 Å². The molecule has 0 aliphatic carbocycles. The Hall–Kier alpha value is -2.58. The second kappa shape index (κ2) is 9.76. The van der Waals surface area contributed by atoms with Gasteiger partial charge in [0.1, 0.15) is 12.4 Å². The molecule has 0 spiro atoms. The zero-order valence-electron chi connectivity index (χ0n) is 16.6. The zero-order valence-corrected chi connectivity index (χ0v) is 17.4. The van der Waals surface area contributed by atoms with Crippen LogP contribution in [0.5, 0.6) is 11.5 Å². The molecule has 1 aromatic heterocycles. The first kappa shape index (κ1) is 21.1. The highest BCUT2D eigenvalue weighted by Gasteiger charge is 2.18. The molecule has 0 bridgehead atoms. The number of aromatic nitrogens is 3. The number of ether oxygens (including phenoxy) is 2. The summed E-state index contributed by atoms with van der Waals surface area (Å²) in [6.45, 7) is 4.10. The minimum Gasteiger partial charge on any atom is -0.497 e. The first-order valence-electron chi connectivity index (χ1n) is 9.27. The highest BCUT2D eigenvalue weighted by molar-refractivity contribution is 7.99. The quantitative estimate of drug-likeness (QED) is 0.526. The van der Waals surface area contributed by atoms with Crippen LogP contribution < -0.4 is 9.47 Å². The number of aliphatic hydroxyl groups is 1. The van der Waals surface area contributed by atoms with Crippen molar-refractivity contribution in [2.45, 2.75) is 31.1 Å². The summed E-state index contributed by atoms with van der Waals surface area (Å²) in [5, 5.41) is 19.6. The van der Waals surface area contributed by atoms with Crippen LogP contribution in [0, 0.1) is 5.82 Å². The van der Waals surface area contributed by atoms with Gasteiger partial charge in [-0.2, -0.15) is 0 Å². The number of hydrogen-bond donors (Lipinski definition) is 1. The molecule has 1 N–H and O–H groups in total. The summed E-state index contributed by atoms with van der Waals surface area (Å²) in [5.41, 5.74) is 0.933. The van der Waals surface area contributed by atoms with Gasteiger partial charge in [-0.05, 0) is 50.2 Å². The van der Waals surface area contributed by atoms with Gasteiger partial charge in [-0.1, -0.05) is 23.9 Å². The molecule has 6 nitrogen and oxygen atoms in total. The van der Waals surface area contributed by atoms with Crippen LogP contribution in [0.2, 0.25) is 0 Å². The molecular weight excluding hydrogens is 393 g/mol. The Morgan fingerprint density at radius 2 is 1.83 bits per heavy atom. The maximum Gasteiger partial charge on any atom is 0.191 e. The van der Waals surface area contributed by atoms with Gasteiger partial charge >= 0.3 is 0 Å². The van der Waals surface area contributed by atoms with Crippen molar-refractivity contribution in [1.29, 1.82) is 0 Å². The number of methoxy groups -OCH3 is 1.